The van der Waals surface area contributed by atoms with Gasteiger partial charge in [-0.3, -0.25) is 4.79 Å². The molecule has 2 N–H and O–H groups in total. The highest BCUT2D eigenvalue weighted by Gasteiger charge is 2.30. The van der Waals surface area contributed by atoms with Gasteiger partial charge in [0.05, 0.1) is 18.0 Å². The summed E-state index contributed by atoms with van der Waals surface area (Å²) in [5.41, 5.74) is 1.77. The molecule has 0 saturated carbocycles. The van der Waals surface area contributed by atoms with Crippen molar-refractivity contribution < 1.29 is 18.0 Å². The molecule has 130 valence electrons. The molecule has 0 aliphatic heterocycles. The number of aromatic amines is 1. The Labute approximate surface area is 142 Å². The Morgan fingerprint density at radius 2 is 1.80 bits per heavy atom. The lowest BCUT2D eigenvalue weighted by molar-refractivity contribution is -0.137. The first-order valence-electron chi connectivity index (χ1n) is 7.86. The Morgan fingerprint density at radius 3 is 2.48 bits per heavy atom. The SMILES string of the molecule is C[C@H](NC(=O)Cc1c[nH]c2ccccc12)c1ccc(C(F)(F)F)cc1. The Bertz CT molecular complexity index is 882. The van der Waals surface area contributed by atoms with Crippen LogP contribution in [0, 0.1) is 0 Å². The van der Waals surface area contributed by atoms with Crippen molar-refractivity contribution in [3.05, 3.63) is 71.4 Å². The predicted molar refractivity (Wildman–Crippen MR) is 90.0 cm³/mol. The zero-order valence-corrected chi connectivity index (χ0v) is 13.5. The number of H-pyrrole nitrogens is 1. The molecular weight excluding hydrogens is 329 g/mol. The van der Waals surface area contributed by atoms with Gasteiger partial charge in [0.15, 0.2) is 0 Å². The van der Waals surface area contributed by atoms with Crippen molar-refractivity contribution in [1.82, 2.24) is 10.3 Å². The van der Waals surface area contributed by atoms with Crippen LogP contribution in [-0.2, 0) is 17.4 Å². The molecule has 0 aliphatic rings. The highest BCUT2D eigenvalue weighted by atomic mass is 19.4. The van der Waals surface area contributed by atoms with Crippen molar-refractivity contribution in [1.29, 1.82) is 0 Å². The average molecular weight is 346 g/mol. The first kappa shape index (κ1) is 17.1. The number of hydrogen-bond donors (Lipinski definition) is 2. The maximum atomic E-state index is 12.6. The first-order chi connectivity index (χ1) is 11.8. The molecule has 2 aromatic carbocycles. The van der Waals surface area contributed by atoms with Crippen molar-refractivity contribution in [3.8, 4) is 0 Å². The topological polar surface area (TPSA) is 44.9 Å². The van der Waals surface area contributed by atoms with Crippen LogP contribution < -0.4 is 5.32 Å². The van der Waals surface area contributed by atoms with E-state index in [2.05, 4.69) is 10.3 Å². The van der Waals surface area contributed by atoms with Gasteiger partial charge in [-0.2, -0.15) is 13.2 Å². The molecular formula is C19H17F3N2O. The molecule has 0 fully saturated rings. The lowest BCUT2D eigenvalue weighted by Gasteiger charge is -2.15. The van der Waals surface area contributed by atoms with Gasteiger partial charge in [0, 0.05) is 17.1 Å². The number of fused-ring (bicyclic) bond motifs is 1. The molecule has 0 radical (unpaired) electrons. The fourth-order valence-corrected chi connectivity index (χ4v) is 2.79. The fraction of sp³-hybridized carbons (Fsp3) is 0.211. The van der Waals surface area contributed by atoms with Gasteiger partial charge in [0.1, 0.15) is 0 Å². The Hall–Kier alpha value is -2.76. The molecule has 1 atom stereocenters. The van der Waals surface area contributed by atoms with E-state index < -0.39 is 11.7 Å². The summed E-state index contributed by atoms with van der Waals surface area (Å²) in [5, 5.41) is 3.81. The molecule has 0 saturated heterocycles. The number of rotatable bonds is 4. The van der Waals surface area contributed by atoms with E-state index in [1.54, 1.807) is 13.1 Å². The monoisotopic (exact) mass is 346 g/mol. The highest BCUT2D eigenvalue weighted by Crippen LogP contribution is 2.30. The lowest BCUT2D eigenvalue weighted by atomic mass is 10.0. The van der Waals surface area contributed by atoms with Crippen LogP contribution in [0.25, 0.3) is 10.9 Å². The van der Waals surface area contributed by atoms with E-state index in [4.69, 9.17) is 0 Å². The van der Waals surface area contributed by atoms with Crippen LogP contribution in [0.3, 0.4) is 0 Å². The zero-order chi connectivity index (χ0) is 18.0. The number of para-hydroxylation sites is 1. The van der Waals surface area contributed by atoms with Crippen molar-refractivity contribution >= 4 is 16.8 Å². The Balaban J connectivity index is 1.66. The van der Waals surface area contributed by atoms with E-state index in [1.165, 1.54) is 12.1 Å². The fourth-order valence-electron chi connectivity index (χ4n) is 2.79. The van der Waals surface area contributed by atoms with Crippen molar-refractivity contribution in [2.75, 3.05) is 0 Å². The van der Waals surface area contributed by atoms with E-state index >= 15 is 0 Å². The number of amides is 1. The third-order valence-electron chi connectivity index (χ3n) is 4.14. The third-order valence-corrected chi connectivity index (χ3v) is 4.14. The van der Waals surface area contributed by atoms with Gasteiger partial charge in [0.25, 0.3) is 0 Å². The number of nitrogens with one attached hydrogen (secondary N) is 2. The van der Waals surface area contributed by atoms with Crippen LogP contribution >= 0.6 is 0 Å². The molecule has 6 heteroatoms. The molecule has 1 heterocycles. The van der Waals surface area contributed by atoms with Crippen LogP contribution in [0.5, 0.6) is 0 Å². The summed E-state index contributed by atoms with van der Waals surface area (Å²) in [7, 11) is 0. The van der Waals surface area contributed by atoms with Gasteiger partial charge in [-0.05, 0) is 36.2 Å². The Kier molecular flexibility index (Phi) is 4.53. The molecule has 1 aromatic heterocycles. The molecule has 25 heavy (non-hydrogen) atoms. The summed E-state index contributed by atoms with van der Waals surface area (Å²) in [5.74, 6) is -0.183. The van der Waals surface area contributed by atoms with E-state index in [9.17, 15) is 18.0 Å². The predicted octanol–water partition coefficient (Wildman–Crippen LogP) is 4.61. The molecule has 0 bridgehead atoms. The number of carbonyl (C=O) groups is 1. The maximum absolute atomic E-state index is 12.6. The summed E-state index contributed by atoms with van der Waals surface area (Å²) in [6.45, 7) is 1.75. The number of hydrogen-bond acceptors (Lipinski definition) is 1. The first-order valence-corrected chi connectivity index (χ1v) is 7.86. The summed E-state index contributed by atoms with van der Waals surface area (Å²) in [6.07, 6.45) is -2.36. The second-order valence-electron chi connectivity index (χ2n) is 5.95. The zero-order valence-electron chi connectivity index (χ0n) is 13.5. The van der Waals surface area contributed by atoms with Crippen LogP contribution in [0.1, 0.15) is 29.7 Å². The lowest BCUT2D eigenvalue weighted by Crippen LogP contribution is -2.28. The summed E-state index contributed by atoms with van der Waals surface area (Å²) in [4.78, 5) is 15.4. The van der Waals surface area contributed by atoms with Crippen LogP contribution in [0.15, 0.2) is 54.7 Å². The average Bonchev–Trinajstić information content (AvgIpc) is 2.97. The molecule has 0 aliphatic carbocycles. The normalized spacial score (nSPS) is 13.0. The molecule has 1 amide bonds. The molecule has 3 nitrogen and oxygen atoms in total. The van der Waals surface area contributed by atoms with Gasteiger partial charge in [-0.25, -0.2) is 0 Å². The number of benzene rings is 2. The van der Waals surface area contributed by atoms with E-state index in [1.807, 2.05) is 24.3 Å². The van der Waals surface area contributed by atoms with Gasteiger partial charge < -0.3 is 10.3 Å². The van der Waals surface area contributed by atoms with Gasteiger partial charge >= 0.3 is 6.18 Å². The van der Waals surface area contributed by atoms with Gasteiger partial charge in [0.2, 0.25) is 5.91 Å². The van der Waals surface area contributed by atoms with Crippen molar-refractivity contribution in [2.24, 2.45) is 0 Å². The highest BCUT2D eigenvalue weighted by molar-refractivity contribution is 5.88. The number of carbonyl (C=O) groups excluding carboxylic acids is 1. The minimum absolute atomic E-state index is 0.183. The van der Waals surface area contributed by atoms with Crippen LogP contribution in [0.2, 0.25) is 0 Å². The minimum Gasteiger partial charge on any atom is -0.361 e. The minimum atomic E-state index is -4.36. The quantitative estimate of drug-likeness (QED) is 0.712. The standard InChI is InChI=1S/C19H17F3N2O/c1-12(13-6-8-15(9-7-13)19(20,21)22)24-18(25)10-14-11-23-17-5-3-2-4-16(14)17/h2-9,11-12,23H,10H2,1H3,(H,24,25)/t12-/m0/s1. The van der Waals surface area contributed by atoms with E-state index in [0.29, 0.717) is 5.56 Å². The van der Waals surface area contributed by atoms with Crippen LogP contribution in [0.4, 0.5) is 13.2 Å². The second kappa shape index (κ2) is 6.63. The largest absolute Gasteiger partial charge is 0.416 e. The molecule has 3 aromatic rings. The molecule has 3 rings (SSSR count). The number of aromatic nitrogens is 1. The summed E-state index contributed by atoms with van der Waals surface area (Å²) < 4.78 is 37.8. The summed E-state index contributed by atoms with van der Waals surface area (Å²) >= 11 is 0. The van der Waals surface area contributed by atoms with Gasteiger partial charge in [-0.15, -0.1) is 0 Å². The smallest absolute Gasteiger partial charge is 0.361 e. The van der Waals surface area contributed by atoms with Gasteiger partial charge in [-0.1, -0.05) is 30.3 Å². The summed E-state index contributed by atoms with van der Waals surface area (Å²) in [6, 6.07) is 12.1. The number of halogens is 3. The van der Waals surface area contributed by atoms with Crippen molar-refractivity contribution in [3.63, 3.8) is 0 Å². The molecule has 0 unspecified atom stereocenters. The number of alkyl halides is 3. The third kappa shape index (κ3) is 3.84. The maximum Gasteiger partial charge on any atom is 0.416 e. The molecule has 0 spiro atoms. The second-order valence-corrected chi connectivity index (χ2v) is 5.95. The van der Waals surface area contributed by atoms with E-state index in [-0.39, 0.29) is 18.4 Å². The Morgan fingerprint density at radius 1 is 1.12 bits per heavy atom. The van der Waals surface area contributed by atoms with Crippen LogP contribution in [-0.4, -0.2) is 10.9 Å². The van der Waals surface area contributed by atoms with Crippen molar-refractivity contribution in [2.45, 2.75) is 25.6 Å². The van der Waals surface area contributed by atoms with E-state index in [0.717, 1.165) is 28.6 Å².